The van der Waals surface area contributed by atoms with Gasteiger partial charge in [-0.25, -0.2) is 8.78 Å². The van der Waals surface area contributed by atoms with E-state index in [-0.39, 0.29) is 17.8 Å². The van der Waals surface area contributed by atoms with Gasteiger partial charge in [0.1, 0.15) is 11.6 Å². The number of hydrogen-bond donors (Lipinski definition) is 1. The summed E-state index contributed by atoms with van der Waals surface area (Å²) in [7, 11) is 0. The Kier molecular flexibility index (Phi) is 3.00. The molecular formula is C12H14F2O. The van der Waals surface area contributed by atoms with E-state index in [0.717, 1.165) is 18.9 Å². The van der Waals surface area contributed by atoms with E-state index >= 15 is 0 Å². The maximum absolute atomic E-state index is 13.4. The molecule has 0 atom stereocenters. The highest BCUT2D eigenvalue weighted by molar-refractivity contribution is 5.23. The molecule has 0 bridgehead atoms. The molecule has 1 nitrogen and oxygen atoms in total. The highest BCUT2D eigenvalue weighted by Gasteiger charge is 2.23. The lowest BCUT2D eigenvalue weighted by atomic mass is 9.82. The van der Waals surface area contributed by atoms with E-state index in [1.807, 2.05) is 0 Å². The van der Waals surface area contributed by atoms with Gasteiger partial charge in [-0.05, 0) is 55.4 Å². The van der Waals surface area contributed by atoms with E-state index in [1.165, 1.54) is 12.1 Å². The van der Waals surface area contributed by atoms with Crippen LogP contribution < -0.4 is 0 Å². The SMILES string of the molecule is O[C@H]1CC[C@@H](c2cc(F)ccc2F)CC1. The normalized spacial score (nSPS) is 26.6. The van der Waals surface area contributed by atoms with Crippen LogP contribution in [0.25, 0.3) is 0 Å². The zero-order valence-electron chi connectivity index (χ0n) is 8.42. The third-order valence-electron chi connectivity index (χ3n) is 3.09. The summed E-state index contributed by atoms with van der Waals surface area (Å²) in [4.78, 5) is 0. The molecule has 0 unspecified atom stereocenters. The van der Waals surface area contributed by atoms with Crippen molar-refractivity contribution in [3.05, 3.63) is 35.4 Å². The first-order valence-electron chi connectivity index (χ1n) is 5.30. The summed E-state index contributed by atoms with van der Waals surface area (Å²) < 4.78 is 26.4. The highest BCUT2D eigenvalue weighted by atomic mass is 19.1. The summed E-state index contributed by atoms with van der Waals surface area (Å²) in [6, 6.07) is 3.59. The molecule has 3 heteroatoms. The minimum absolute atomic E-state index is 0.0594. The fourth-order valence-corrected chi connectivity index (χ4v) is 2.21. The number of benzene rings is 1. The number of aliphatic hydroxyl groups is 1. The summed E-state index contributed by atoms with van der Waals surface area (Å²) >= 11 is 0. The first-order valence-corrected chi connectivity index (χ1v) is 5.30. The van der Waals surface area contributed by atoms with Crippen molar-refractivity contribution in [1.82, 2.24) is 0 Å². The Bertz CT molecular complexity index is 343. The van der Waals surface area contributed by atoms with Gasteiger partial charge in [-0.3, -0.25) is 0 Å². The number of rotatable bonds is 1. The van der Waals surface area contributed by atoms with Gasteiger partial charge in [0.05, 0.1) is 6.10 Å². The fraction of sp³-hybridized carbons (Fsp3) is 0.500. The van der Waals surface area contributed by atoms with E-state index in [0.29, 0.717) is 18.4 Å². The van der Waals surface area contributed by atoms with E-state index in [1.54, 1.807) is 0 Å². The Morgan fingerprint density at radius 1 is 1.07 bits per heavy atom. The van der Waals surface area contributed by atoms with Crippen LogP contribution in [-0.2, 0) is 0 Å². The van der Waals surface area contributed by atoms with Crippen LogP contribution in [0.1, 0.15) is 37.2 Å². The van der Waals surface area contributed by atoms with Crippen molar-refractivity contribution in [1.29, 1.82) is 0 Å². The molecule has 1 aliphatic carbocycles. The minimum Gasteiger partial charge on any atom is -0.393 e. The van der Waals surface area contributed by atoms with E-state index < -0.39 is 5.82 Å². The Morgan fingerprint density at radius 2 is 1.73 bits per heavy atom. The van der Waals surface area contributed by atoms with Gasteiger partial charge in [-0.15, -0.1) is 0 Å². The molecule has 1 aliphatic rings. The lowest BCUT2D eigenvalue weighted by Gasteiger charge is -2.25. The highest BCUT2D eigenvalue weighted by Crippen LogP contribution is 2.34. The third-order valence-corrected chi connectivity index (χ3v) is 3.09. The van der Waals surface area contributed by atoms with Crippen LogP contribution in [0.3, 0.4) is 0 Å². The minimum atomic E-state index is -0.391. The summed E-state index contributed by atoms with van der Waals surface area (Å²) in [6.45, 7) is 0. The maximum Gasteiger partial charge on any atom is 0.126 e. The fourth-order valence-electron chi connectivity index (χ4n) is 2.21. The summed E-state index contributed by atoms with van der Waals surface area (Å²) in [5, 5.41) is 9.33. The van der Waals surface area contributed by atoms with E-state index in [4.69, 9.17) is 0 Å². The molecule has 15 heavy (non-hydrogen) atoms. The topological polar surface area (TPSA) is 20.2 Å². The zero-order chi connectivity index (χ0) is 10.8. The Balaban J connectivity index is 2.18. The summed E-state index contributed by atoms with van der Waals surface area (Å²) in [5.41, 5.74) is 0.460. The first kappa shape index (κ1) is 10.6. The van der Waals surface area contributed by atoms with Gasteiger partial charge in [0.2, 0.25) is 0 Å². The van der Waals surface area contributed by atoms with Crippen molar-refractivity contribution in [2.45, 2.75) is 37.7 Å². The number of aliphatic hydroxyl groups excluding tert-OH is 1. The molecule has 82 valence electrons. The van der Waals surface area contributed by atoms with Crippen molar-refractivity contribution in [2.75, 3.05) is 0 Å². The Morgan fingerprint density at radius 3 is 2.40 bits per heavy atom. The molecule has 0 aliphatic heterocycles. The largest absolute Gasteiger partial charge is 0.393 e. The van der Waals surface area contributed by atoms with Gasteiger partial charge in [0, 0.05) is 0 Å². The van der Waals surface area contributed by atoms with E-state index in [9.17, 15) is 13.9 Å². The Labute approximate surface area is 87.7 Å². The van der Waals surface area contributed by atoms with Crippen LogP contribution in [-0.4, -0.2) is 11.2 Å². The molecule has 0 radical (unpaired) electrons. The van der Waals surface area contributed by atoms with Gasteiger partial charge in [-0.1, -0.05) is 0 Å². The standard InChI is InChI=1S/C12H14F2O/c13-9-3-6-12(14)11(7-9)8-1-4-10(15)5-2-8/h3,6-8,10,15H,1-2,4-5H2/t8-,10+. The van der Waals surface area contributed by atoms with Crippen molar-refractivity contribution in [2.24, 2.45) is 0 Å². The lowest BCUT2D eigenvalue weighted by molar-refractivity contribution is 0.122. The second kappa shape index (κ2) is 4.27. The van der Waals surface area contributed by atoms with Crippen LogP contribution in [0, 0.1) is 11.6 Å². The van der Waals surface area contributed by atoms with Gasteiger partial charge in [-0.2, -0.15) is 0 Å². The van der Waals surface area contributed by atoms with Crippen LogP contribution in [0.15, 0.2) is 18.2 Å². The first-order chi connectivity index (χ1) is 7.16. The molecule has 0 spiro atoms. The van der Waals surface area contributed by atoms with Crippen LogP contribution in [0.5, 0.6) is 0 Å². The van der Waals surface area contributed by atoms with Gasteiger partial charge >= 0.3 is 0 Å². The number of halogens is 2. The molecule has 0 saturated heterocycles. The maximum atomic E-state index is 13.4. The average molecular weight is 212 g/mol. The molecule has 1 aromatic rings. The predicted octanol–water partition coefficient (Wildman–Crippen LogP) is 2.98. The number of hydrogen-bond acceptors (Lipinski definition) is 1. The van der Waals surface area contributed by atoms with Crippen molar-refractivity contribution in [3.8, 4) is 0 Å². The molecule has 1 aromatic carbocycles. The quantitative estimate of drug-likeness (QED) is 0.758. The molecule has 0 heterocycles. The van der Waals surface area contributed by atoms with Crippen LogP contribution in [0.4, 0.5) is 8.78 Å². The van der Waals surface area contributed by atoms with Gasteiger partial charge in [0.25, 0.3) is 0 Å². The zero-order valence-corrected chi connectivity index (χ0v) is 8.42. The predicted molar refractivity (Wildman–Crippen MR) is 53.6 cm³/mol. The second-order valence-corrected chi connectivity index (χ2v) is 4.17. The van der Waals surface area contributed by atoms with Crippen molar-refractivity contribution < 1.29 is 13.9 Å². The van der Waals surface area contributed by atoms with Crippen LogP contribution >= 0.6 is 0 Å². The molecular weight excluding hydrogens is 198 g/mol. The lowest BCUT2D eigenvalue weighted by Crippen LogP contribution is -2.17. The monoisotopic (exact) mass is 212 g/mol. The Hall–Kier alpha value is -0.960. The summed E-state index contributed by atoms with van der Waals surface area (Å²) in [5.74, 6) is -0.667. The van der Waals surface area contributed by atoms with Gasteiger partial charge in [0.15, 0.2) is 0 Å². The van der Waals surface area contributed by atoms with Gasteiger partial charge < -0.3 is 5.11 Å². The smallest absolute Gasteiger partial charge is 0.126 e. The third kappa shape index (κ3) is 2.34. The second-order valence-electron chi connectivity index (χ2n) is 4.17. The van der Waals surface area contributed by atoms with Crippen molar-refractivity contribution >= 4 is 0 Å². The van der Waals surface area contributed by atoms with Crippen LogP contribution in [0.2, 0.25) is 0 Å². The summed E-state index contributed by atoms with van der Waals surface area (Å²) in [6.07, 6.45) is 2.57. The molecule has 0 aromatic heterocycles. The molecule has 1 saturated carbocycles. The van der Waals surface area contributed by atoms with E-state index in [2.05, 4.69) is 0 Å². The molecule has 0 amide bonds. The molecule has 2 rings (SSSR count). The molecule has 1 fully saturated rings. The average Bonchev–Trinajstić information content (AvgIpc) is 2.23. The van der Waals surface area contributed by atoms with Crippen molar-refractivity contribution in [3.63, 3.8) is 0 Å². The molecule has 1 N–H and O–H groups in total.